The van der Waals surface area contributed by atoms with Gasteiger partial charge in [0.05, 0.1) is 4.92 Å². The van der Waals surface area contributed by atoms with Gasteiger partial charge in [0.2, 0.25) is 5.91 Å². The molecule has 4 N–H and O–H groups in total. The molecule has 0 bridgehead atoms. The van der Waals surface area contributed by atoms with E-state index in [9.17, 15) is 19.7 Å². The largest absolute Gasteiger partial charge is 0.478 e. The van der Waals surface area contributed by atoms with E-state index in [0.29, 0.717) is 0 Å². The van der Waals surface area contributed by atoms with Gasteiger partial charge >= 0.3 is 5.97 Å². The van der Waals surface area contributed by atoms with Gasteiger partial charge in [0.15, 0.2) is 0 Å². The number of hydrogen-bond acceptors (Lipinski definition) is 6. The molecule has 9 heteroatoms. The van der Waals surface area contributed by atoms with Crippen molar-refractivity contribution in [3.63, 3.8) is 0 Å². The van der Waals surface area contributed by atoms with E-state index >= 15 is 0 Å². The number of rotatable bonds is 6. The van der Waals surface area contributed by atoms with Crippen LogP contribution >= 0.6 is 0 Å². The fraction of sp³-hybridized carbons (Fsp3) is 0.364. The molecule has 0 aromatic carbocycles. The molecule has 1 unspecified atom stereocenters. The third kappa shape index (κ3) is 3.40. The number of nitrogens with two attached hydrogens (primary N) is 1. The minimum absolute atomic E-state index is 0.138. The van der Waals surface area contributed by atoms with Gasteiger partial charge < -0.3 is 16.2 Å². The highest BCUT2D eigenvalue weighted by molar-refractivity contribution is 5.95. The molecule has 1 amide bonds. The van der Waals surface area contributed by atoms with E-state index in [1.807, 2.05) is 0 Å². The lowest BCUT2D eigenvalue weighted by Crippen LogP contribution is -2.40. The molecule has 20 heavy (non-hydrogen) atoms. The van der Waals surface area contributed by atoms with E-state index in [1.54, 1.807) is 13.8 Å². The fourth-order valence-corrected chi connectivity index (χ4v) is 1.55. The van der Waals surface area contributed by atoms with Gasteiger partial charge in [-0.3, -0.25) is 14.9 Å². The smallest absolute Gasteiger partial charge is 0.339 e. The van der Waals surface area contributed by atoms with Crippen LogP contribution in [0.4, 0.5) is 11.5 Å². The predicted octanol–water partition coefficient (Wildman–Crippen LogP) is 0.610. The number of carboxylic acids is 1. The predicted molar refractivity (Wildman–Crippen MR) is 69.3 cm³/mol. The Morgan fingerprint density at radius 1 is 1.50 bits per heavy atom. The van der Waals surface area contributed by atoms with Crippen LogP contribution in [0.25, 0.3) is 0 Å². The van der Waals surface area contributed by atoms with Gasteiger partial charge in [0.25, 0.3) is 5.69 Å². The lowest BCUT2D eigenvalue weighted by atomic mass is 10.0. The highest BCUT2D eigenvalue weighted by Gasteiger charge is 2.24. The molecule has 0 aliphatic carbocycles. The Hall–Kier alpha value is -2.71. The number of aromatic nitrogens is 1. The Morgan fingerprint density at radius 3 is 2.50 bits per heavy atom. The van der Waals surface area contributed by atoms with Crippen LogP contribution in [0.3, 0.4) is 0 Å². The number of aromatic carboxylic acids is 1. The summed E-state index contributed by atoms with van der Waals surface area (Å²) in [6, 6.07) is 0.0396. The van der Waals surface area contributed by atoms with Crippen LogP contribution in [0.5, 0.6) is 0 Å². The first-order chi connectivity index (χ1) is 9.23. The Kier molecular flexibility index (Phi) is 4.57. The average molecular weight is 282 g/mol. The van der Waals surface area contributed by atoms with Crippen LogP contribution in [0.15, 0.2) is 12.3 Å². The minimum Gasteiger partial charge on any atom is -0.478 e. The molecule has 0 saturated heterocycles. The molecule has 0 aliphatic heterocycles. The number of nitrogens with zero attached hydrogens (tertiary/aromatic N) is 2. The number of hydrogen-bond donors (Lipinski definition) is 3. The Morgan fingerprint density at radius 2 is 2.10 bits per heavy atom. The maximum Gasteiger partial charge on any atom is 0.339 e. The van der Waals surface area contributed by atoms with Crippen LogP contribution in [0.2, 0.25) is 0 Å². The first-order valence-corrected chi connectivity index (χ1v) is 5.67. The van der Waals surface area contributed by atoms with Crippen molar-refractivity contribution in [1.29, 1.82) is 0 Å². The number of pyridine rings is 1. The van der Waals surface area contributed by atoms with Crippen molar-refractivity contribution >= 4 is 23.4 Å². The number of nitro groups is 1. The van der Waals surface area contributed by atoms with Gasteiger partial charge in [0, 0.05) is 6.07 Å². The van der Waals surface area contributed by atoms with Crippen molar-refractivity contribution in [2.45, 2.75) is 19.9 Å². The number of carbonyl (C=O) groups is 2. The van der Waals surface area contributed by atoms with E-state index in [0.717, 1.165) is 12.3 Å². The summed E-state index contributed by atoms with van der Waals surface area (Å²) in [4.78, 5) is 35.9. The zero-order valence-corrected chi connectivity index (χ0v) is 10.9. The van der Waals surface area contributed by atoms with Gasteiger partial charge in [-0.15, -0.1) is 0 Å². The lowest BCUT2D eigenvalue weighted by molar-refractivity contribution is -0.385. The number of nitrogens with one attached hydrogen (secondary N) is 1. The molecule has 1 aromatic rings. The zero-order chi connectivity index (χ0) is 15.4. The molecule has 1 rings (SSSR count). The topological polar surface area (TPSA) is 148 Å². The molecule has 108 valence electrons. The summed E-state index contributed by atoms with van der Waals surface area (Å²) < 4.78 is 0. The van der Waals surface area contributed by atoms with Crippen molar-refractivity contribution < 1.29 is 19.6 Å². The van der Waals surface area contributed by atoms with Gasteiger partial charge in [-0.2, -0.15) is 0 Å². The molecular formula is C11H14N4O5. The first kappa shape index (κ1) is 15.3. The van der Waals surface area contributed by atoms with E-state index < -0.39 is 34.1 Å². The zero-order valence-electron chi connectivity index (χ0n) is 10.9. The normalized spacial score (nSPS) is 11.9. The highest BCUT2D eigenvalue weighted by Crippen LogP contribution is 2.21. The summed E-state index contributed by atoms with van der Waals surface area (Å²) in [5, 5.41) is 22.3. The lowest BCUT2D eigenvalue weighted by Gasteiger charge is -2.20. The van der Waals surface area contributed by atoms with Gasteiger partial charge in [-0.05, 0) is 5.92 Å². The van der Waals surface area contributed by atoms with Crippen LogP contribution in [0, 0.1) is 16.0 Å². The third-order valence-corrected chi connectivity index (χ3v) is 2.58. The van der Waals surface area contributed by atoms with Crippen LogP contribution in [-0.2, 0) is 4.79 Å². The summed E-state index contributed by atoms with van der Waals surface area (Å²) in [6.45, 7) is 3.43. The van der Waals surface area contributed by atoms with Crippen LogP contribution in [-0.4, -0.2) is 32.9 Å². The quantitative estimate of drug-likeness (QED) is 0.511. The minimum atomic E-state index is -1.39. The van der Waals surface area contributed by atoms with Crippen molar-refractivity contribution in [2.75, 3.05) is 5.32 Å². The summed E-state index contributed by atoms with van der Waals surface area (Å²) >= 11 is 0. The summed E-state index contributed by atoms with van der Waals surface area (Å²) in [5.74, 6) is -2.40. The summed E-state index contributed by atoms with van der Waals surface area (Å²) in [7, 11) is 0. The third-order valence-electron chi connectivity index (χ3n) is 2.58. The molecule has 0 saturated carbocycles. The Bertz CT molecular complexity index is 558. The van der Waals surface area contributed by atoms with E-state index in [1.165, 1.54) is 0 Å². The molecule has 9 nitrogen and oxygen atoms in total. The summed E-state index contributed by atoms with van der Waals surface area (Å²) in [6.07, 6.45) is 0.910. The maximum absolute atomic E-state index is 11.3. The number of anilines is 1. The highest BCUT2D eigenvalue weighted by atomic mass is 16.6. The second-order valence-corrected chi connectivity index (χ2v) is 4.42. The number of amides is 1. The Balaban J connectivity index is 3.20. The van der Waals surface area contributed by atoms with Crippen LogP contribution in [0.1, 0.15) is 24.2 Å². The SMILES string of the molecule is CC(C)C(Nc1ncc([N+](=O)[O-])cc1C(=O)O)C(N)=O. The van der Waals surface area contributed by atoms with Crippen molar-refractivity contribution in [3.8, 4) is 0 Å². The molecule has 0 spiro atoms. The van der Waals surface area contributed by atoms with Crippen molar-refractivity contribution in [1.82, 2.24) is 4.98 Å². The average Bonchev–Trinajstić information content (AvgIpc) is 2.34. The molecule has 0 fully saturated rings. The molecule has 1 aromatic heterocycles. The van der Waals surface area contributed by atoms with Crippen LogP contribution < -0.4 is 11.1 Å². The number of carboxylic acid groups (broad SMARTS) is 1. The summed E-state index contributed by atoms with van der Waals surface area (Å²) in [5.41, 5.74) is 4.36. The molecule has 1 heterocycles. The van der Waals surface area contributed by atoms with Gasteiger partial charge in [-0.1, -0.05) is 13.8 Å². The standard InChI is InChI=1S/C11H14N4O5/c1-5(2)8(9(12)16)14-10-7(11(17)18)3-6(4-13-10)15(19)20/h3-5,8H,1-2H3,(H2,12,16)(H,13,14)(H,17,18). The maximum atomic E-state index is 11.3. The monoisotopic (exact) mass is 282 g/mol. The first-order valence-electron chi connectivity index (χ1n) is 5.67. The fourth-order valence-electron chi connectivity index (χ4n) is 1.55. The molecular weight excluding hydrogens is 268 g/mol. The van der Waals surface area contributed by atoms with Crippen molar-refractivity contribution in [2.24, 2.45) is 11.7 Å². The number of carbonyl (C=O) groups excluding carboxylic acids is 1. The van der Waals surface area contributed by atoms with E-state index in [-0.39, 0.29) is 11.7 Å². The second kappa shape index (κ2) is 5.95. The molecule has 0 aliphatic rings. The van der Waals surface area contributed by atoms with Gasteiger partial charge in [-0.25, -0.2) is 9.78 Å². The van der Waals surface area contributed by atoms with E-state index in [4.69, 9.17) is 10.8 Å². The van der Waals surface area contributed by atoms with Crippen molar-refractivity contribution in [3.05, 3.63) is 27.9 Å². The Labute approximate surface area is 114 Å². The van der Waals surface area contributed by atoms with E-state index in [2.05, 4.69) is 10.3 Å². The molecule has 1 atom stereocenters. The number of primary amides is 1. The molecule has 0 radical (unpaired) electrons. The van der Waals surface area contributed by atoms with Gasteiger partial charge in [0.1, 0.15) is 23.6 Å². The second-order valence-electron chi connectivity index (χ2n) is 4.42.